The van der Waals surface area contributed by atoms with Crippen LogP contribution in [0.3, 0.4) is 0 Å². The molecule has 0 heterocycles. The van der Waals surface area contributed by atoms with E-state index in [1.807, 2.05) is 6.92 Å². The monoisotopic (exact) mass is 191 g/mol. The molecule has 0 bridgehead atoms. The molecule has 64 valence electrons. The Morgan fingerprint density at radius 1 is 1.45 bits per heavy atom. The summed E-state index contributed by atoms with van der Waals surface area (Å²) in [6, 6.07) is 0. The van der Waals surface area contributed by atoms with Gasteiger partial charge in [0.2, 0.25) is 0 Å². The molecule has 0 fully saturated rings. The van der Waals surface area contributed by atoms with Gasteiger partial charge in [-0.25, -0.2) is 4.79 Å². The standard InChI is InChI=1S/C4H11NO.CH2O3.K.H/c1-2-5-3-4-6;2-1(3)4;;/h5-6H,2-4H2,1H3;(H2,2,3,4);;. The summed E-state index contributed by atoms with van der Waals surface area (Å²) in [6.07, 6.45) is -1.83. The van der Waals surface area contributed by atoms with Crippen molar-refractivity contribution in [1.29, 1.82) is 0 Å². The Morgan fingerprint density at radius 2 is 1.82 bits per heavy atom. The van der Waals surface area contributed by atoms with Gasteiger partial charge in [0.05, 0.1) is 6.61 Å². The molecular formula is C5H14KNO4. The predicted molar refractivity (Wildman–Crippen MR) is 43.4 cm³/mol. The van der Waals surface area contributed by atoms with Crippen LogP contribution in [0.15, 0.2) is 0 Å². The van der Waals surface area contributed by atoms with Crippen molar-refractivity contribution in [2.45, 2.75) is 6.92 Å². The minimum atomic E-state index is -1.83. The Kier molecular flexibility index (Phi) is 27.6. The summed E-state index contributed by atoms with van der Waals surface area (Å²) in [5.74, 6) is 0. The Hall–Kier alpha value is 0.826. The Balaban J connectivity index is -0.000000114. The van der Waals surface area contributed by atoms with Crippen LogP contribution in [0.4, 0.5) is 4.79 Å². The fourth-order valence-corrected chi connectivity index (χ4v) is 0.256. The molecule has 0 rings (SSSR count). The number of aliphatic hydroxyl groups excluding tert-OH is 1. The van der Waals surface area contributed by atoms with E-state index in [-0.39, 0.29) is 58.0 Å². The second kappa shape index (κ2) is 17.1. The van der Waals surface area contributed by atoms with Crippen molar-refractivity contribution in [2.24, 2.45) is 0 Å². The van der Waals surface area contributed by atoms with Gasteiger partial charge in [-0.1, -0.05) is 6.92 Å². The van der Waals surface area contributed by atoms with Gasteiger partial charge in [0.1, 0.15) is 0 Å². The summed E-state index contributed by atoms with van der Waals surface area (Å²) in [4.78, 5) is 8.56. The van der Waals surface area contributed by atoms with E-state index >= 15 is 0 Å². The van der Waals surface area contributed by atoms with Crippen molar-refractivity contribution in [3.05, 3.63) is 0 Å². The molecule has 6 heteroatoms. The van der Waals surface area contributed by atoms with Crippen molar-refractivity contribution in [2.75, 3.05) is 19.7 Å². The van der Waals surface area contributed by atoms with E-state index in [1.54, 1.807) is 0 Å². The van der Waals surface area contributed by atoms with Gasteiger partial charge < -0.3 is 20.6 Å². The summed E-state index contributed by atoms with van der Waals surface area (Å²) in [5, 5.41) is 25.0. The fourth-order valence-electron chi connectivity index (χ4n) is 0.256. The molecule has 0 aromatic carbocycles. The maximum absolute atomic E-state index is 8.56. The molecule has 0 atom stereocenters. The Morgan fingerprint density at radius 3 is 1.91 bits per heavy atom. The van der Waals surface area contributed by atoms with Crippen LogP contribution in [0.5, 0.6) is 0 Å². The van der Waals surface area contributed by atoms with Crippen molar-refractivity contribution >= 4 is 57.5 Å². The SMILES string of the molecule is CCNCCO.O=C(O)O.[KH]. The van der Waals surface area contributed by atoms with Crippen LogP contribution in [0, 0.1) is 0 Å². The van der Waals surface area contributed by atoms with Crippen LogP contribution < -0.4 is 5.32 Å². The van der Waals surface area contributed by atoms with E-state index in [2.05, 4.69) is 5.32 Å². The fraction of sp³-hybridized carbons (Fsp3) is 0.800. The third-order valence-corrected chi connectivity index (χ3v) is 0.539. The number of aliphatic hydroxyl groups is 1. The van der Waals surface area contributed by atoms with E-state index in [4.69, 9.17) is 20.1 Å². The van der Waals surface area contributed by atoms with E-state index < -0.39 is 6.16 Å². The van der Waals surface area contributed by atoms with Crippen molar-refractivity contribution in [3.63, 3.8) is 0 Å². The van der Waals surface area contributed by atoms with Crippen molar-refractivity contribution in [3.8, 4) is 0 Å². The quantitative estimate of drug-likeness (QED) is 0.345. The van der Waals surface area contributed by atoms with Crippen molar-refractivity contribution in [1.82, 2.24) is 5.32 Å². The number of rotatable bonds is 3. The molecule has 0 aromatic rings. The summed E-state index contributed by atoms with van der Waals surface area (Å²) in [6.45, 7) is 3.92. The van der Waals surface area contributed by atoms with E-state index in [1.165, 1.54) is 0 Å². The molecule has 0 saturated heterocycles. The molecule has 0 radical (unpaired) electrons. The second-order valence-corrected chi connectivity index (χ2v) is 1.36. The molecule has 0 saturated carbocycles. The van der Waals surface area contributed by atoms with E-state index in [0.29, 0.717) is 0 Å². The molecule has 0 aliphatic carbocycles. The number of nitrogens with one attached hydrogen (secondary N) is 1. The topological polar surface area (TPSA) is 89.8 Å². The van der Waals surface area contributed by atoms with Crippen LogP contribution in [0.25, 0.3) is 0 Å². The normalized spacial score (nSPS) is 7.09. The second-order valence-electron chi connectivity index (χ2n) is 1.36. The number of carbonyl (C=O) groups is 1. The van der Waals surface area contributed by atoms with Gasteiger partial charge in [-0.05, 0) is 6.54 Å². The zero-order chi connectivity index (χ0) is 8.41. The molecule has 0 aromatic heterocycles. The van der Waals surface area contributed by atoms with Crippen LogP contribution in [-0.2, 0) is 0 Å². The first-order valence-corrected chi connectivity index (χ1v) is 2.88. The molecule has 0 aliphatic heterocycles. The minimum absolute atomic E-state index is 0. The van der Waals surface area contributed by atoms with Gasteiger partial charge in [0, 0.05) is 6.54 Å². The molecule has 0 spiro atoms. The van der Waals surface area contributed by atoms with Gasteiger partial charge in [0.15, 0.2) is 0 Å². The molecule has 0 amide bonds. The predicted octanol–water partition coefficient (Wildman–Crippen LogP) is -0.838. The summed E-state index contributed by atoms with van der Waals surface area (Å²) in [7, 11) is 0. The maximum atomic E-state index is 8.56. The molecule has 0 unspecified atom stereocenters. The van der Waals surface area contributed by atoms with Gasteiger partial charge in [0.25, 0.3) is 0 Å². The van der Waals surface area contributed by atoms with Crippen LogP contribution in [0.1, 0.15) is 6.92 Å². The molecule has 11 heavy (non-hydrogen) atoms. The van der Waals surface area contributed by atoms with Gasteiger partial charge >= 0.3 is 57.5 Å². The molecular weight excluding hydrogens is 177 g/mol. The van der Waals surface area contributed by atoms with Crippen LogP contribution >= 0.6 is 0 Å². The van der Waals surface area contributed by atoms with E-state index in [0.717, 1.165) is 13.1 Å². The summed E-state index contributed by atoms with van der Waals surface area (Å²) in [5.41, 5.74) is 0. The first kappa shape index (κ1) is 17.8. The molecule has 0 aliphatic rings. The third kappa shape index (κ3) is 57.6. The average molecular weight is 191 g/mol. The van der Waals surface area contributed by atoms with Crippen LogP contribution in [-0.4, -0.2) is 92.6 Å². The Labute approximate surface area is 108 Å². The van der Waals surface area contributed by atoms with Gasteiger partial charge in [-0.3, -0.25) is 0 Å². The number of hydrogen-bond donors (Lipinski definition) is 4. The summed E-state index contributed by atoms with van der Waals surface area (Å²) < 4.78 is 0. The zero-order valence-electron chi connectivity index (χ0n) is 5.87. The Bertz CT molecular complexity index is 72.9. The molecule has 5 nitrogen and oxygen atoms in total. The first-order chi connectivity index (χ1) is 4.65. The number of hydrogen-bond acceptors (Lipinski definition) is 3. The number of likely N-dealkylation sites (N-methyl/N-ethyl adjacent to an activating group) is 1. The van der Waals surface area contributed by atoms with Gasteiger partial charge in [-0.2, -0.15) is 0 Å². The zero-order valence-corrected chi connectivity index (χ0v) is 5.87. The van der Waals surface area contributed by atoms with Crippen molar-refractivity contribution < 1.29 is 20.1 Å². The first-order valence-electron chi connectivity index (χ1n) is 2.88. The van der Waals surface area contributed by atoms with E-state index in [9.17, 15) is 0 Å². The third-order valence-electron chi connectivity index (χ3n) is 0.539. The summed E-state index contributed by atoms with van der Waals surface area (Å²) >= 11 is 0. The van der Waals surface area contributed by atoms with Gasteiger partial charge in [-0.15, -0.1) is 0 Å². The van der Waals surface area contributed by atoms with Crippen LogP contribution in [0.2, 0.25) is 0 Å². The molecule has 4 N–H and O–H groups in total. The average Bonchev–Trinajstić information content (AvgIpc) is 1.82. The number of carboxylic acid groups (broad SMARTS) is 2.